The zero-order chi connectivity index (χ0) is 18.6. The van der Waals surface area contributed by atoms with Gasteiger partial charge in [-0.3, -0.25) is 4.79 Å². The lowest BCUT2D eigenvalue weighted by Gasteiger charge is -2.08. The highest BCUT2D eigenvalue weighted by molar-refractivity contribution is 6.04. The molecule has 0 atom stereocenters. The largest absolute Gasteiger partial charge is 0.389 e. The molecular formula is C19H16F3N3O. The second-order valence-corrected chi connectivity index (χ2v) is 5.78. The van der Waals surface area contributed by atoms with Crippen LogP contribution >= 0.6 is 0 Å². The molecule has 0 aliphatic heterocycles. The summed E-state index contributed by atoms with van der Waals surface area (Å²) >= 11 is 0. The fraction of sp³-hybridized carbons (Fsp3) is 0.158. The Labute approximate surface area is 148 Å². The summed E-state index contributed by atoms with van der Waals surface area (Å²) in [5, 5.41) is 6.84. The summed E-state index contributed by atoms with van der Waals surface area (Å²) in [6.45, 7) is 0. The number of aromatic nitrogens is 2. The molecule has 1 heterocycles. The van der Waals surface area contributed by atoms with Gasteiger partial charge in [0.2, 0.25) is 0 Å². The number of alkyl halides is 3. The average molecular weight is 359 g/mol. The molecule has 7 heteroatoms. The molecule has 0 radical (unpaired) electrons. The number of nitrogens with one attached hydrogen (secondary N) is 1. The lowest BCUT2D eigenvalue weighted by Crippen LogP contribution is -2.12. The van der Waals surface area contributed by atoms with E-state index in [1.54, 1.807) is 35.1 Å². The minimum absolute atomic E-state index is 0.126. The van der Waals surface area contributed by atoms with Crippen LogP contribution in [0, 0.1) is 0 Å². The van der Waals surface area contributed by atoms with Crippen molar-refractivity contribution in [2.45, 2.75) is 19.0 Å². The normalized spacial score (nSPS) is 11.3. The molecule has 26 heavy (non-hydrogen) atoms. The number of carbonyl (C=O) groups is 1. The number of rotatable bonds is 5. The second kappa shape index (κ2) is 7.43. The SMILES string of the molecule is O=C(Nc1cccc(CCC(F)(F)F)c1)c1cnn(-c2ccccc2)c1. The number of para-hydroxylation sites is 1. The van der Waals surface area contributed by atoms with Crippen molar-refractivity contribution >= 4 is 11.6 Å². The van der Waals surface area contributed by atoms with E-state index in [0.717, 1.165) is 5.69 Å². The molecule has 4 nitrogen and oxygen atoms in total. The molecule has 0 aliphatic carbocycles. The van der Waals surface area contributed by atoms with Gasteiger partial charge in [-0.1, -0.05) is 30.3 Å². The topological polar surface area (TPSA) is 46.9 Å². The van der Waals surface area contributed by atoms with Crippen molar-refractivity contribution in [1.29, 1.82) is 0 Å². The van der Waals surface area contributed by atoms with E-state index in [1.807, 2.05) is 30.3 Å². The predicted molar refractivity (Wildman–Crippen MR) is 92.3 cm³/mol. The lowest BCUT2D eigenvalue weighted by molar-refractivity contribution is -0.134. The summed E-state index contributed by atoms with van der Waals surface area (Å²) in [4.78, 5) is 12.3. The van der Waals surface area contributed by atoms with Crippen LogP contribution in [0.1, 0.15) is 22.3 Å². The Morgan fingerprint density at radius 3 is 2.58 bits per heavy atom. The Morgan fingerprint density at radius 1 is 1.08 bits per heavy atom. The zero-order valence-corrected chi connectivity index (χ0v) is 13.7. The summed E-state index contributed by atoms with van der Waals surface area (Å²) in [6, 6.07) is 15.7. The molecule has 2 aromatic carbocycles. The summed E-state index contributed by atoms with van der Waals surface area (Å²) in [5.41, 5.74) is 2.14. The van der Waals surface area contributed by atoms with Gasteiger partial charge in [0.15, 0.2) is 0 Å². The number of amides is 1. The molecule has 0 saturated heterocycles. The van der Waals surface area contributed by atoms with Crippen molar-refractivity contribution < 1.29 is 18.0 Å². The van der Waals surface area contributed by atoms with Crippen molar-refractivity contribution in [1.82, 2.24) is 9.78 Å². The van der Waals surface area contributed by atoms with Gasteiger partial charge < -0.3 is 5.32 Å². The first kappa shape index (κ1) is 17.7. The van der Waals surface area contributed by atoms with E-state index in [-0.39, 0.29) is 12.3 Å². The number of hydrogen-bond acceptors (Lipinski definition) is 2. The minimum Gasteiger partial charge on any atom is -0.322 e. The molecule has 3 rings (SSSR count). The predicted octanol–water partition coefficient (Wildman–Crippen LogP) is 4.62. The van der Waals surface area contributed by atoms with Crippen LogP contribution in [-0.2, 0) is 6.42 Å². The van der Waals surface area contributed by atoms with Crippen molar-refractivity contribution in [3.8, 4) is 5.69 Å². The van der Waals surface area contributed by atoms with E-state index in [9.17, 15) is 18.0 Å². The first-order valence-corrected chi connectivity index (χ1v) is 7.98. The van der Waals surface area contributed by atoms with E-state index in [0.29, 0.717) is 16.8 Å². The van der Waals surface area contributed by atoms with Crippen LogP contribution < -0.4 is 5.32 Å². The van der Waals surface area contributed by atoms with Gasteiger partial charge in [0.25, 0.3) is 5.91 Å². The fourth-order valence-corrected chi connectivity index (χ4v) is 2.46. The molecule has 1 N–H and O–H groups in total. The van der Waals surface area contributed by atoms with Crippen molar-refractivity contribution in [3.63, 3.8) is 0 Å². The minimum atomic E-state index is -4.20. The first-order valence-electron chi connectivity index (χ1n) is 7.98. The van der Waals surface area contributed by atoms with Crippen LogP contribution in [0.4, 0.5) is 18.9 Å². The molecule has 1 amide bonds. The van der Waals surface area contributed by atoms with Crippen LogP contribution in [0.15, 0.2) is 67.0 Å². The number of benzene rings is 2. The molecular weight excluding hydrogens is 343 g/mol. The monoisotopic (exact) mass is 359 g/mol. The maximum Gasteiger partial charge on any atom is 0.389 e. The van der Waals surface area contributed by atoms with Gasteiger partial charge in [0.1, 0.15) is 0 Å². The Morgan fingerprint density at radius 2 is 1.85 bits per heavy atom. The first-order chi connectivity index (χ1) is 12.4. The maximum absolute atomic E-state index is 12.3. The molecule has 134 valence electrons. The van der Waals surface area contributed by atoms with Gasteiger partial charge in [-0.2, -0.15) is 18.3 Å². The van der Waals surface area contributed by atoms with Gasteiger partial charge in [-0.25, -0.2) is 4.68 Å². The fourth-order valence-electron chi connectivity index (χ4n) is 2.46. The zero-order valence-electron chi connectivity index (χ0n) is 13.7. The number of carbonyl (C=O) groups excluding carboxylic acids is 1. The quantitative estimate of drug-likeness (QED) is 0.723. The third-order valence-corrected chi connectivity index (χ3v) is 3.75. The molecule has 1 aromatic heterocycles. The number of nitrogens with zero attached hydrogens (tertiary/aromatic N) is 2. The van der Waals surface area contributed by atoms with E-state index in [1.165, 1.54) is 6.20 Å². The smallest absolute Gasteiger partial charge is 0.322 e. The van der Waals surface area contributed by atoms with E-state index in [2.05, 4.69) is 10.4 Å². The Hall–Kier alpha value is -3.09. The molecule has 0 spiro atoms. The Balaban J connectivity index is 1.68. The highest BCUT2D eigenvalue weighted by Crippen LogP contribution is 2.23. The van der Waals surface area contributed by atoms with E-state index in [4.69, 9.17) is 0 Å². The van der Waals surface area contributed by atoms with Crippen LogP contribution in [0.25, 0.3) is 5.69 Å². The molecule has 0 aliphatic rings. The van der Waals surface area contributed by atoms with Gasteiger partial charge in [-0.15, -0.1) is 0 Å². The molecule has 0 fully saturated rings. The summed E-state index contributed by atoms with van der Waals surface area (Å²) in [6.07, 6.45) is -2.19. The maximum atomic E-state index is 12.3. The average Bonchev–Trinajstić information content (AvgIpc) is 3.11. The summed E-state index contributed by atoms with van der Waals surface area (Å²) in [5.74, 6) is -0.375. The standard InChI is InChI=1S/C19H16F3N3O/c20-19(21,22)10-9-14-5-4-6-16(11-14)24-18(26)15-12-23-25(13-15)17-7-2-1-3-8-17/h1-8,11-13H,9-10H2,(H,24,26). The van der Waals surface area contributed by atoms with Gasteiger partial charge >= 0.3 is 6.18 Å². The van der Waals surface area contributed by atoms with E-state index >= 15 is 0 Å². The number of halogens is 3. The molecule has 3 aromatic rings. The highest BCUT2D eigenvalue weighted by Gasteiger charge is 2.26. The summed E-state index contributed by atoms with van der Waals surface area (Å²) in [7, 11) is 0. The summed E-state index contributed by atoms with van der Waals surface area (Å²) < 4.78 is 38.6. The molecule has 0 saturated carbocycles. The number of anilines is 1. The van der Waals surface area contributed by atoms with Crippen molar-refractivity contribution in [3.05, 3.63) is 78.1 Å². The van der Waals surface area contributed by atoms with Crippen LogP contribution in [0.2, 0.25) is 0 Å². The van der Waals surface area contributed by atoms with Crippen LogP contribution in [0.5, 0.6) is 0 Å². The Kier molecular flexibility index (Phi) is 5.06. The number of aryl methyl sites for hydroxylation is 1. The van der Waals surface area contributed by atoms with Crippen molar-refractivity contribution in [2.75, 3.05) is 5.32 Å². The van der Waals surface area contributed by atoms with Gasteiger partial charge in [0, 0.05) is 18.3 Å². The second-order valence-electron chi connectivity index (χ2n) is 5.78. The highest BCUT2D eigenvalue weighted by atomic mass is 19.4. The third kappa shape index (κ3) is 4.72. The Bertz CT molecular complexity index is 888. The molecule has 0 bridgehead atoms. The van der Waals surface area contributed by atoms with Crippen molar-refractivity contribution in [2.24, 2.45) is 0 Å². The van der Waals surface area contributed by atoms with E-state index < -0.39 is 12.6 Å². The molecule has 0 unspecified atom stereocenters. The lowest BCUT2D eigenvalue weighted by atomic mass is 10.1. The van der Waals surface area contributed by atoms with Gasteiger partial charge in [0.05, 0.1) is 17.4 Å². The van der Waals surface area contributed by atoms with Gasteiger partial charge in [-0.05, 0) is 36.2 Å². The number of hydrogen-bond donors (Lipinski definition) is 1. The van der Waals surface area contributed by atoms with Crippen LogP contribution in [-0.4, -0.2) is 21.9 Å². The third-order valence-electron chi connectivity index (χ3n) is 3.75. The van der Waals surface area contributed by atoms with Crippen LogP contribution in [0.3, 0.4) is 0 Å².